The van der Waals surface area contributed by atoms with E-state index in [1.165, 1.54) is 0 Å². The third kappa shape index (κ3) is 2.99. The number of hydrogen-bond acceptors (Lipinski definition) is 1. The molecule has 0 amide bonds. The molecular formula is C8H7ClF2S. The Morgan fingerprint density at radius 1 is 1.33 bits per heavy atom. The topological polar surface area (TPSA) is 0 Å². The van der Waals surface area contributed by atoms with E-state index in [0.717, 1.165) is 5.56 Å². The molecule has 0 bridgehead atoms. The van der Waals surface area contributed by atoms with Gasteiger partial charge in [0.2, 0.25) is 0 Å². The third-order valence-electron chi connectivity index (χ3n) is 1.32. The standard InChI is InChI=1S/C8H7ClF2S/c9-7-4-2-1-3-6(7)5-12-8(10)11/h1-4,8H,5H2. The molecule has 0 aromatic heterocycles. The molecule has 0 atom stereocenters. The first-order valence-corrected chi connectivity index (χ1v) is 4.76. The van der Waals surface area contributed by atoms with E-state index in [1.54, 1.807) is 24.3 Å². The molecule has 1 rings (SSSR count). The predicted octanol–water partition coefficient (Wildman–Crippen LogP) is 3.80. The van der Waals surface area contributed by atoms with Gasteiger partial charge in [-0.15, -0.1) is 0 Å². The quantitative estimate of drug-likeness (QED) is 0.728. The Hall–Kier alpha value is -0.280. The average molecular weight is 209 g/mol. The Balaban J connectivity index is 2.57. The van der Waals surface area contributed by atoms with Crippen molar-refractivity contribution in [2.45, 2.75) is 11.5 Å². The van der Waals surface area contributed by atoms with Crippen molar-refractivity contribution < 1.29 is 8.78 Å². The van der Waals surface area contributed by atoms with E-state index in [4.69, 9.17) is 11.6 Å². The minimum Gasteiger partial charge on any atom is -0.198 e. The molecule has 0 unspecified atom stereocenters. The molecule has 0 radical (unpaired) electrons. The van der Waals surface area contributed by atoms with E-state index in [0.29, 0.717) is 16.8 Å². The Bertz CT molecular complexity index is 253. The monoisotopic (exact) mass is 208 g/mol. The lowest BCUT2D eigenvalue weighted by atomic mass is 10.2. The van der Waals surface area contributed by atoms with Gasteiger partial charge in [-0.1, -0.05) is 41.6 Å². The van der Waals surface area contributed by atoms with Crippen molar-refractivity contribution >= 4 is 23.4 Å². The Morgan fingerprint density at radius 3 is 2.58 bits per heavy atom. The zero-order valence-corrected chi connectivity index (χ0v) is 7.71. The molecule has 0 spiro atoms. The van der Waals surface area contributed by atoms with Crippen LogP contribution >= 0.6 is 23.4 Å². The van der Waals surface area contributed by atoms with Crippen molar-refractivity contribution in [2.24, 2.45) is 0 Å². The SMILES string of the molecule is FC(F)SCc1ccccc1Cl. The number of hydrogen-bond donors (Lipinski definition) is 0. The predicted molar refractivity (Wildman–Crippen MR) is 48.8 cm³/mol. The summed E-state index contributed by atoms with van der Waals surface area (Å²) in [5.74, 6) is -2.07. The molecule has 4 heteroatoms. The van der Waals surface area contributed by atoms with Crippen LogP contribution in [0.2, 0.25) is 5.02 Å². The molecule has 0 aliphatic heterocycles. The molecule has 0 nitrogen and oxygen atoms in total. The van der Waals surface area contributed by atoms with E-state index in [2.05, 4.69) is 0 Å². The van der Waals surface area contributed by atoms with Crippen LogP contribution in [0.3, 0.4) is 0 Å². The summed E-state index contributed by atoms with van der Waals surface area (Å²) in [6.07, 6.45) is 0. The van der Waals surface area contributed by atoms with Gasteiger partial charge in [0.15, 0.2) is 0 Å². The first-order valence-electron chi connectivity index (χ1n) is 3.33. The molecule has 0 heterocycles. The zero-order valence-electron chi connectivity index (χ0n) is 6.14. The summed E-state index contributed by atoms with van der Waals surface area (Å²) in [5.41, 5.74) is 0.754. The van der Waals surface area contributed by atoms with Crippen LogP contribution < -0.4 is 0 Å². The number of rotatable bonds is 3. The van der Waals surface area contributed by atoms with E-state index in [-0.39, 0.29) is 5.75 Å². The molecule has 0 N–H and O–H groups in total. The first kappa shape index (κ1) is 9.81. The van der Waals surface area contributed by atoms with Gasteiger partial charge in [-0.3, -0.25) is 0 Å². The lowest BCUT2D eigenvalue weighted by Crippen LogP contribution is -1.86. The molecule has 0 saturated heterocycles. The van der Waals surface area contributed by atoms with Gasteiger partial charge in [0.25, 0.3) is 5.76 Å². The van der Waals surface area contributed by atoms with E-state index >= 15 is 0 Å². The zero-order chi connectivity index (χ0) is 8.97. The summed E-state index contributed by atoms with van der Waals surface area (Å²) in [6, 6.07) is 7.01. The van der Waals surface area contributed by atoms with Crippen molar-refractivity contribution in [3.63, 3.8) is 0 Å². The lowest BCUT2D eigenvalue weighted by Gasteiger charge is -2.01. The summed E-state index contributed by atoms with van der Waals surface area (Å²) in [5, 5.41) is 0.547. The van der Waals surface area contributed by atoms with Crippen LogP contribution in [0.1, 0.15) is 5.56 Å². The number of halogens is 3. The highest BCUT2D eigenvalue weighted by Crippen LogP contribution is 2.24. The van der Waals surface area contributed by atoms with Gasteiger partial charge in [-0.05, 0) is 11.6 Å². The van der Waals surface area contributed by atoms with Gasteiger partial charge in [-0.25, -0.2) is 0 Å². The second kappa shape index (κ2) is 4.67. The molecule has 12 heavy (non-hydrogen) atoms. The van der Waals surface area contributed by atoms with E-state index < -0.39 is 5.76 Å². The van der Waals surface area contributed by atoms with Gasteiger partial charge in [0.1, 0.15) is 0 Å². The van der Waals surface area contributed by atoms with Crippen LogP contribution in [-0.4, -0.2) is 5.76 Å². The highest BCUT2D eigenvalue weighted by molar-refractivity contribution is 7.98. The first-order chi connectivity index (χ1) is 5.70. The average Bonchev–Trinajstić information content (AvgIpc) is 2.03. The van der Waals surface area contributed by atoms with Crippen LogP contribution in [0.25, 0.3) is 0 Å². The van der Waals surface area contributed by atoms with Gasteiger partial charge in [-0.2, -0.15) is 8.78 Å². The van der Waals surface area contributed by atoms with Crippen molar-refractivity contribution in [3.05, 3.63) is 34.9 Å². The molecule has 0 aliphatic rings. The molecule has 66 valence electrons. The fourth-order valence-electron chi connectivity index (χ4n) is 0.768. The Kier molecular flexibility index (Phi) is 3.82. The second-order valence-corrected chi connectivity index (χ2v) is 3.55. The summed E-state index contributed by atoms with van der Waals surface area (Å²) in [4.78, 5) is 0. The Labute approximate surface area is 78.9 Å². The maximum absolute atomic E-state index is 11.8. The molecule has 0 fully saturated rings. The number of alkyl halides is 2. The number of thioether (sulfide) groups is 1. The fourth-order valence-corrected chi connectivity index (χ4v) is 1.61. The molecule has 0 aliphatic carbocycles. The molecular weight excluding hydrogens is 202 g/mol. The maximum atomic E-state index is 11.8. The fraction of sp³-hybridized carbons (Fsp3) is 0.250. The summed E-state index contributed by atoms with van der Waals surface area (Å²) in [6.45, 7) is 0. The third-order valence-corrected chi connectivity index (χ3v) is 2.42. The Morgan fingerprint density at radius 2 is 2.00 bits per heavy atom. The molecule has 0 saturated carbocycles. The normalized spacial score (nSPS) is 10.7. The molecule has 1 aromatic rings. The summed E-state index contributed by atoms with van der Waals surface area (Å²) in [7, 11) is 0. The summed E-state index contributed by atoms with van der Waals surface area (Å²) < 4.78 is 23.5. The minimum atomic E-state index is -2.33. The summed E-state index contributed by atoms with van der Waals surface area (Å²) >= 11 is 6.33. The van der Waals surface area contributed by atoms with Crippen LogP contribution in [0, 0.1) is 0 Å². The van der Waals surface area contributed by atoms with Crippen LogP contribution in [0.5, 0.6) is 0 Å². The van der Waals surface area contributed by atoms with Gasteiger partial charge in [0, 0.05) is 10.8 Å². The van der Waals surface area contributed by atoms with Crippen LogP contribution in [-0.2, 0) is 5.75 Å². The van der Waals surface area contributed by atoms with Crippen molar-refractivity contribution in [1.82, 2.24) is 0 Å². The smallest absolute Gasteiger partial charge is 0.198 e. The highest BCUT2D eigenvalue weighted by atomic mass is 35.5. The van der Waals surface area contributed by atoms with Crippen LogP contribution in [0.15, 0.2) is 24.3 Å². The van der Waals surface area contributed by atoms with E-state index in [9.17, 15) is 8.78 Å². The van der Waals surface area contributed by atoms with E-state index in [1.807, 2.05) is 0 Å². The largest absolute Gasteiger partial charge is 0.284 e. The minimum absolute atomic E-state index is 0.261. The van der Waals surface area contributed by atoms with Crippen molar-refractivity contribution in [3.8, 4) is 0 Å². The van der Waals surface area contributed by atoms with Gasteiger partial charge < -0.3 is 0 Å². The highest BCUT2D eigenvalue weighted by Gasteiger charge is 2.04. The number of benzene rings is 1. The maximum Gasteiger partial charge on any atom is 0.284 e. The van der Waals surface area contributed by atoms with Gasteiger partial charge in [0.05, 0.1) is 0 Å². The lowest BCUT2D eigenvalue weighted by molar-refractivity contribution is 0.252. The second-order valence-electron chi connectivity index (χ2n) is 2.16. The van der Waals surface area contributed by atoms with Crippen LogP contribution in [0.4, 0.5) is 8.78 Å². The molecule has 1 aromatic carbocycles. The van der Waals surface area contributed by atoms with Gasteiger partial charge >= 0.3 is 0 Å². The van der Waals surface area contributed by atoms with Crippen molar-refractivity contribution in [2.75, 3.05) is 0 Å². The van der Waals surface area contributed by atoms with Crippen molar-refractivity contribution in [1.29, 1.82) is 0 Å².